The molecule has 0 aromatic heterocycles. The van der Waals surface area contributed by atoms with E-state index in [1.807, 2.05) is 39.8 Å². The predicted octanol–water partition coefficient (Wildman–Crippen LogP) is 7.07. The van der Waals surface area contributed by atoms with Gasteiger partial charge in [-0.25, -0.2) is 38.4 Å². The van der Waals surface area contributed by atoms with Gasteiger partial charge in [-0.15, -0.1) is 0 Å². The summed E-state index contributed by atoms with van der Waals surface area (Å²) < 4.78 is 58.2. The van der Waals surface area contributed by atoms with Crippen LogP contribution in [0.15, 0.2) is 72.8 Å². The van der Waals surface area contributed by atoms with Crippen molar-refractivity contribution < 1.29 is 105 Å². The second kappa shape index (κ2) is 37.8. The third-order valence-electron chi connectivity index (χ3n) is 10.4. The van der Waals surface area contributed by atoms with Crippen molar-refractivity contribution in [2.24, 2.45) is 0 Å². The monoisotopic (exact) mass is 1300 g/mol. The summed E-state index contributed by atoms with van der Waals surface area (Å²) in [4.78, 5) is 91.2. The van der Waals surface area contributed by atoms with Gasteiger partial charge >= 0.3 is 59.8 Å². The van der Waals surface area contributed by atoms with Gasteiger partial charge in [0.15, 0.2) is 24.2 Å². The first-order valence-corrected chi connectivity index (χ1v) is 28.2. The average molecular weight is 1310 g/mol. The number of aryl methyl sites for hydroxylation is 4. The van der Waals surface area contributed by atoms with Crippen molar-refractivity contribution in [3.63, 3.8) is 0 Å². The highest BCUT2D eigenvalue weighted by Gasteiger charge is 2.29. The van der Waals surface area contributed by atoms with Gasteiger partial charge in [0.25, 0.3) is 0 Å². The van der Waals surface area contributed by atoms with Crippen molar-refractivity contribution in [3.05, 3.63) is 95.1 Å². The Morgan fingerprint density at radius 1 is 0.396 bits per heavy atom. The standard InChI is InChI=1S/4C15H22N2O5.O2S/c2*1-9-5-6-12(10(16)7-9)21-8-11(13(18)19)17-14(20)22-15(2,3)4;1-9-5-6-10(16)12(7-9)21-8-11(13(18)19)17-14(20)22-15(2,3)4;1-9-6-5-7-11(12(9)16)21-8-10(13(18)19)17-14(20)22-15(2,3)4;1-3-2/h3*5-7,11H,8,16H2,1-4H3,(H,17,20)(H,18,19);5-7,10H,8,16H2,1-4H3,(H,17,20)(H,18,19);/t3*11-;10-;/m0000./s1. The van der Waals surface area contributed by atoms with Gasteiger partial charge in [-0.2, -0.15) is 8.42 Å². The number of nitrogen functional groups attached to an aromatic ring is 4. The van der Waals surface area contributed by atoms with E-state index in [1.165, 1.54) is 0 Å². The summed E-state index contributed by atoms with van der Waals surface area (Å²) in [5.41, 5.74) is 25.6. The van der Waals surface area contributed by atoms with Crippen LogP contribution < -0.4 is 63.1 Å². The number of alkyl carbamates (subject to hydrolysis) is 4. The quantitative estimate of drug-likeness (QED) is 0.0311. The molecule has 0 aliphatic rings. The van der Waals surface area contributed by atoms with E-state index in [-0.39, 0.29) is 26.4 Å². The zero-order chi connectivity index (χ0) is 70.4. The molecular weight excluding hydrogens is 1220 g/mol. The van der Waals surface area contributed by atoms with Gasteiger partial charge in [-0.1, -0.05) is 30.3 Å². The highest BCUT2D eigenvalue weighted by atomic mass is 32.1. The molecular formula is C60H88N8O22S. The largest absolute Gasteiger partial charge is 0.489 e. The molecule has 0 saturated heterocycles. The fourth-order valence-electron chi connectivity index (χ4n) is 6.34. The van der Waals surface area contributed by atoms with Crippen molar-refractivity contribution in [1.82, 2.24) is 21.3 Å². The molecule has 4 atom stereocenters. The Hall–Kier alpha value is -9.94. The predicted molar refractivity (Wildman–Crippen MR) is 336 cm³/mol. The van der Waals surface area contributed by atoms with Crippen molar-refractivity contribution in [2.45, 2.75) is 157 Å². The van der Waals surface area contributed by atoms with E-state index in [2.05, 4.69) is 21.3 Å². The topological polar surface area (TPSA) is 478 Å². The minimum Gasteiger partial charge on any atom is -0.489 e. The number of carboxylic acids is 4. The van der Waals surface area contributed by atoms with Gasteiger partial charge in [0.2, 0.25) is 0 Å². The lowest BCUT2D eigenvalue weighted by Crippen LogP contribution is -2.46. The summed E-state index contributed by atoms with van der Waals surface area (Å²) in [6.45, 7) is 26.6. The van der Waals surface area contributed by atoms with Gasteiger partial charge in [0, 0.05) is 0 Å². The third kappa shape index (κ3) is 36.8. The summed E-state index contributed by atoms with van der Waals surface area (Å²) in [5, 5.41) is 45.5. The molecule has 0 saturated carbocycles. The number of hydrogen-bond acceptors (Lipinski definition) is 22. The van der Waals surface area contributed by atoms with Crippen LogP contribution in [0.5, 0.6) is 23.0 Å². The normalized spacial score (nSPS) is 12.1. The summed E-state index contributed by atoms with van der Waals surface area (Å²) >= 11 is -0.750. The highest BCUT2D eigenvalue weighted by Crippen LogP contribution is 2.26. The minimum absolute atomic E-state index is 0.262. The first-order valence-electron chi connectivity index (χ1n) is 27.5. The number of ether oxygens (including phenoxy) is 8. The smallest absolute Gasteiger partial charge is 0.408 e. The number of para-hydroxylation sites is 1. The Balaban J connectivity index is 0.00000117. The molecule has 0 bridgehead atoms. The number of nitrogens with one attached hydrogen (secondary N) is 4. The lowest BCUT2D eigenvalue weighted by Gasteiger charge is -2.22. The Kier molecular flexibility index (Phi) is 33.7. The van der Waals surface area contributed by atoms with E-state index in [4.69, 9.17) is 89.7 Å². The van der Waals surface area contributed by atoms with Crippen molar-refractivity contribution in [3.8, 4) is 23.0 Å². The number of anilines is 4. The average Bonchev–Trinajstić information content (AvgIpc) is 2.13. The van der Waals surface area contributed by atoms with Crippen LogP contribution in [0, 0.1) is 27.7 Å². The van der Waals surface area contributed by atoms with E-state index < -0.39 is 106 Å². The van der Waals surface area contributed by atoms with Crippen molar-refractivity contribution in [2.75, 3.05) is 49.4 Å². The maximum Gasteiger partial charge on any atom is 0.408 e. The molecule has 31 heteroatoms. The highest BCUT2D eigenvalue weighted by molar-refractivity contribution is 7.51. The zero-order valence-electron chi connectivity index (χ0n) is 53.9. The molecule has 4 aromatic rings. The molecule has 0 unspecified atom stereocenters. The molecule has 506 valence electrons. The van der Waals surface area contributed by atoms with Gasteiger partial charge in [-0.05, 0) is 175 Å². The number of carbonyl (C=O) groups is 8. The Morgan fingerprint density at radius 3 is 0.934 bits per heavy atom. The van der Waals surface area contributed by atoms with Crippen LogP contribution in [0.3, 0.4) is 0 Å². The minimum atomic E-state index is -1.24. The lowest BCUT2D eigenvalue weighted by atomic mass is 10.2. The molecule has 4 amide bonds. The summed E-state index contributed by atoms with van der Waals surface area (Å²) in [7, 11) is 0. The summed E-state index contributed by atoms with van der Waals surface area (Å²) in [6.07, 6.45) is -3.28. The second-order valence-corrected chi connectivity index (χ2v) is 23.7. The van der Waals surface area contributed by atoms with Crippen molar-refractivity contribution in [1.29, 1.82) is 0 Å². The Labute approximate surface area is 531 Å². The third-order valence-corrected chi connectivity index (χ3v) is 10.4. The number of carbonyl (C=O) groups excluding carboxylic acids is 4. The number of rotatable bonds is 20. The van der Waals surface area contributed by atoms with Crippen LogP contribution in [-0.4, -0.2) is 150 Å². The van der Waals surface area contributed by atoms with Gasteiger partial charge in [0.05, 0.1) is 22.7 Å². The Bertz CT molecular complexity index is 2960. The molecule has 91 heavy (non-hydrogen) atoms. The first-order chi connectivity index (χ1) is 41.8. The van der Waals surface area contributed by atoms with Crippen LogP contribution in [0.25, 0.3) is 0 Å². The zero-order valence-corrected chi connectivity index (χ0v) is 54.7. The molecule has 30 nitrogen and oxygen atoms in total. The van der Waals surface area contributed by atoms with Gasteiger partial charge < -0.3 is 103 Å². The van der Waals surface area contributed by atoms with Gasteiger partial charge in [-0.3, -0.25) is 0 Å². The lowest BCUT2D eigenvalue weighted by molar-refractivity contribution is -0.141. The number of carboxylic acid groups (broad SMARTS) is 4. The molecule has 16 N–H and O–H groups in total. The fourth-order valence-corrected chi connectivity index (χ4v) is 6.34. The number of aliphatic carboxylic acids is 4. The maximum absolute atomic E-state index is 11.6. The second-order valence-electron chi connectivity index (χ2n) is 23.6. The summed E-state index contributed by atoms with van der Waals surface area (Å²) in [6, 6.07) is 15.7. The van der Waals surface area contributed by atoms with Gasteiger partial charge in [0.1, 0.15) is 71.8 Å². The Morgan fingerprint density at radius 2 is 0.659 bits per heavy atom. The number of hydrogen-bond donors (Lipinski definition) is 12. The summed E-state index contributed by atoms with van der Waals surface area (Å²) in [5.74, 6) is -3.43. The number of benzene rings is 4. The molecule has 0 heterocycles. The molecule has 0 aliphatic carbocycles. The van der Waals surface area contributed by atoms with Crippen LogP contribution >= 0.6 is 0 Å². The molecule has 0 fully saturated rings. The molecule has 4 aromatic carbocycles. The maximum atomic E-state index is 11.6. The SMILES string of the molecule is Cc1ccc(N)c(OC[C@H](NC(=O)OC(C)(C)C)C(=O)O)c1.Cc1ccc(OC[C@H](NC(=O)OC(C)(C)C)C(=O)O)c(N)c1.Cc1ccc(OC[C@H](NC(=O)OC(C)(C)C)C(=O)O)c(N)c1.Cc1cccc(OC[C@H](NC(=O)OC(C)(C)C)C(=O)O)c1N.O=S=O. The van der Waals surface area contributed by atoms with Crippen molar-refractivity contribution >= 4 is 82.6 Å². The van der Waals surface area contributed by atoms with Crippen LogP contribution in [0.2, 0.25) is 0 Å². The number of nitrogens with two attached hydrogens (primary N) is 4. The van der Waals surface area contributed by atoms with E-state index in [0.717, 1.165) is 22.3 Å². The molecule has 4 rings (SSSR count). The van der Waals surface area contributed by atoms with Crippen LogP contribution in [-0.2, 0) is 49.7 Å². The molecule has 0 radical (unpaired) electrons. The fraction of sp³-hybridized carbons (Fsp3) is 0.467. The van der Waals surface area contributed by atoms with Crippen LogP contribution in [0.4, 0.5) is 41.9 Å². The first kappa shape index (κ1) is 81.1. The van der Waals surface area contributed by atoms with Crippen LogP contribution in [0.1, 0.15) is 105 Å². The molecule has 0 spiro atoms. The van der Waals surface area contributed by atoms with E-state index >= 15 is 0 Å². The number of amides is 4. The van der Waals surface area contributed by atoms with E-state index in [9.17, 15) is 38.4 Å². The van der Waals surface area contributed by atoms with E-state index in [1.54, 1.807) is 144 Å². The molecule has 0 aliphatic heterocycles. The van der Waals surface area contributed by atoms with E-state index in [0.29, 0.717) is 45.7 Å².